The summed E-state index contributed by atoms with van der Waals surface area (Å²) in [6, 6.07) is 6.53. The SMILES string of the molecule is CCNC(=NCC1CCCN1CC)NCCc1nnc2ccccn12.I. The predicted octanol–water partition coefficient (Wildman–Crippen LogP) is 1.93. The average molecular weight is 471 g/mol. The van der Waals surface area contributed by atoms with Gasteiger partial charge in [-0.1, -0.05) is 13.0 Å². The van der Waals surface area contributed by atoms with E-state index in [2.05, 4.69) is 39.6 Å². The summed E-state index contributed by atoms with van der Waals surface area (Å²) in [5.41, 5.74) is 0.888. The first-order chi connectivity index (χ1) is 12.3. The van der Waals surface area contributed by atoms with Gasteiger partial charge in [-0.05, 0) is 45.0 Å². The molecule has 1 saturated heterocycles. The number of guanidine groups is 1. The maximum Gasteiger partial charge on any atom is 0.191 e. The zero-order valence-corrected chi connectivity index (χ0v) is 18.0. The Labute approximate surface area is 172 Å². The van der Waals surface area contributed by atoms with Gasteiger partial charge >= 0.3 is 0 Å². The maximum atomic E-state index is 4.78. The quantitative estimate of drug-likeness (QED) is 0.367. The lowest BCUT2D eigenvalue weighted by atomic mass is 10.2. The summed E-state index contributed by atoms with van der Waals surface area (Å²) in [7, 11) is 0. The first kappa shape index (κ1) is 20.9. The van der Waals surface area contributed by atoms with Gasteiger partial charge in [0.25, 0.3) is 0 Å². The lowest BCUT2D eigenvalue weighted by Crippen LogP contribution is -2.40. The van der Waals surface area contributed by atoms with E-state index < -0.39 is 0 Å². The molecule has 2 N–H and O–H groups in total. The first-order valence-corrected chi connectivity index (χ1v) is 9.36. The number of halogens is 1. The van der Waals surface area contributed by atoms with Crippen molar-refractivity contribution in [2.75, 3.05) is 32.7 Å². The molecule has 26 heavy (non-hydrogen) atoms. The number of nitrogens with one attached hydrogen (secondary N) is 2. The fourth-order valence-electron chi connectivity index (χ4n) is 3.41. The molecule has 2 aromatic rings. The van der Waals surface area contributed by atoms with Gasteiger partial charge in [0.1, 0.15) is 5.82 Å². The van der Waals surface area contributed by atoms with E-state index in [0.717, 1.165) is 50.0 Å². The molecule has 0 spiro atoms. The molecule has 0 bridgehead atoms. The number of nitrogens with zero attached hydrogens (tertiary/aromatic N) is 5. The number of fused-ring (bicyclic) bond motifs is 1. The molecule has 1 aliphatic rings. The predicted molar refractivity (Wildman–Crippen MR) is 116 cm³/mol. The van der Waals surface area contributed by atoms with Crippen LogP contribution < -0.4 is 10.6 Å². The van der Waals surface area contributed by atoms with Crippen molar-refractivity contribution in [1.82, 2.24) is 30.1 Å². The van der Waals surface area contributed by atoms with Gasteiger partial charge in [-0.3, -0.25) is 14.3 Å². The summed E-state index contributed by atoms with van der Waals surface area (Å²) in [6.07, 6.45) is 5.35. The molecule has 3 heterocycles. The van der Waals surface area contributed by atoms with Gasteiger partial charge in [-0.25, -0.2) is 0 Å². The van der Waals surface area contributed by atoms with E-state index in [4.69, 9.17) is 4.99 Å². The van der Waals surface area contributed by atoms with Crippen LogP contribution in [0.4, 0.5) is 0 Å². The van der Waals surface area contributed by atoms with Gasteiger partial charge in [0, 0.05) is 31.7 Å². The second kappa shape index (κ2) is 10.7. The molecular formula is C18H30IN7. The molecule has 0 aromatic carbocycles. The number of aliphatic imine (C=N–C) groups is 1. The summed E-state index contributed by atoms with van der Waals surface area (Å²) >= 11 is 0. The topological polar surface area (TPSA) is 69.8 Å². The van der Waals surface area contributed by atoms with E-state index in [0.29, 0.717) is 6.04 Å². The second-order valence-electron chi connectivity index (χ2n) is 6.37. The second-order valence-corrected chi connectivity index (χ2v) is 6.37. The van der Waals surface area contributed by atoms with Gasteiger partial charge < -0.3 is 10.6 Å². The van der Waals surface area contributed by atoms with E-state index in [9.17, 15) is 0 Å². The third-order valence-corrected chi connectivity index (χ3v) is 4.74. The molecule has 1 atom stereocenters. The minimum atomic E-state index is 0. The molecular weight excluding hydrogens is 441 g/mol. The minimum absolute atomic E-state index is 0. The number of likely N-dealkylation sites (N-methyl/N-ethyl adjacent to an activating group) is 1. The van der Waals surface area contributed by atoms with Crippen LogP contribution in [0.15, 0.2) is 29.4 Å². The van der Waals surface area contributed by atoms with Crippen LogP contribution in [0.1, 0.15) is 32.5 Å². The Morgan fingerprint density at radius 1 is 1.27 bits per heavy atom. The summed E-state index contributed by atoms with van der Waals surface area (Å²) < 4.78 is 2.03. The monoisotopic (exact) mass is 471 g/mol. The van der Waals surface area contributed by atoms with Gasteiger partial charge in [-0.2, -0.15) is 0 Å². The molecule has 3 rings (SSSR count). The van der Waals surface area contributed by atoms with Crippen LogP contribution >= 0.6 is 24.0 Å². The normalized spacial score (nSPS) is 18.1. The third kappa shape index (κ3) is 5.29. The van der Waals surface area contributed by atoms with Crippen molar-refractivity contribution in [1.29, 1.82) is 0 Å². The highest BCUT2D eigenvalue weighted by Crippen LogP contribution is 2.16. The van der Waals surface area contributed by atoms with Crippen molar-refractivity contribution in [3.63, 3.8) is 0 Å². The van der Waals surface area contributed by atoms with Crippen LogP contribution in [0.5, 0.6) is 0 Å². The zero-order valence-electron chi connectivity index (χ0n) is 15.7. The van der Waals surface area contributed by atoms with Crippen molar-refractivity contribution in [3.8, 4) is 0 Å². The smallest absolute Gasteiger partial charge is 0.191 e. The van der Waals surface area contributed by atoms with E-state index >= 15 is 0 Å². The Morgan fingerprint density at radius 3 is 2.96 bits per heavy atom. The maximum absolute atomic E-state index is 4.78. The van der Waals surface area contributed by atoms with Gasteiger partial charge in [0.15, 0.2) is 11.6 Å². The molecule has 0 radical (unpaired) electrons. The Hall–Kier alpha value is -1.42. The molecule has 7 nitrogen and oxygen atoms in total. The Balaban J connectivity index is 0.00000243. The van der Waals surface area contributed by atoms with Gasteiger partial charge in [-0.15, -0.1) is 34.2 Å². The van der Waals surface area contributed by atoms with Crippen LogP contribution in [0.25, 0.3) is 5.65 Å². The Kier molecular flexibility index (Phi) is 8.56. The van der Waals surface area contributed by atoms with Crippen LogP contribution in [-0.2, 0) is 6.42 Å². The van der Waals surface area contributed by atoms with Crippen molar-refractivity contribution in [3.05, 3.63) is 30.2 Å². The zero-order chi connectivity index (χ0) is 17.5. The lowest BCUT2D eigenvalue weighted by Gasteiger charge is -2.21. The van der Waals surface area contributed by atoms with Crippen LogP contribution in [0.2, 0.25) is 0 Å². The standard InChI is InChI=1S/C18H29N7.HI/c1-3-19-18(21-14-15-8-7-12-24(15)4-2)20-11-10-17-23-22-16-9-5-6-13-25(16)17;/h5-6,9,13,15H,3-4,7-8,10-12,14H2,1-2H3,(H2,19,20,21);1H. The fraction of sp³-hybridized carbons (Fsp3) is 0.611. The number of hydrogen-bond acceptors (Lipinski definition) is 4. The van der Waals surface area contributed by atoms with Crippen molar-refractivity contribution in [2.24, 2.45) is 4.99 Å². The molecule has 0 saturated carbocycles. The molecule has 8 heteroatoms. The summed E-state index contributed by atoms with van der Waals surface area (Å²) in [5.74, 6) is 1.85. The number of likely N-dealkylation sites (tertiary alicyclic amines) is 1. The van der Waals surface area contributed by atoms with E-state index in [1.165, 1.54) is 19.4 Å². The first-order valence-electron chi connectivity index (χ1n) is 9.36. The molecule has 2 aromatic heterocycles. The van der Waals surface area contributed by atoms with Crippen LogP contribution in [0, 0.1) is 0 Å². The van der Waals surface area contributed by atoms with Crippen molar-refractivity contribution in [2.45, 2.75) is 39.2 Å². The van der Waals surface area contributed by atoms with Crippen molar-refractivity contribution < 1.29 is 0 Å². The molecule has 1 fully saturated rings. The lowest BCUT2D eigenvalue weighted by molar-refractivity contribution is 0.273. The number of hydrogen-bond donors (Lipinski definition) is 2. The largest absolute Gasteiger partial charge is 0.357 e. The van der Waals surface area contributed by atoms with E-state index in [-0.39, 0.29) is 24.0 Å². The summed E-state index contributed by atoms with van der Waals surface area (Å²) in [6.45, 7) is 9.15. The Bertz CT molecular complexity index is 700. The fourth-order valence-corrected chi connectivity index (χ4v) is 3.41. The van der Waals surface area contributed by atoms with E-state index in [1.54, 1.807) is 0 Å². The van der Waals surface area contributed by atoms with Gasteiger partial charge in [0.2, 0.25) is 0 Å². The minimum Gasteiger partial charge on any atom is -0.357 e. The van der Waals surface area contributed by atoms with Gasteiger partial charge in [0.05, 0.1) is 6.54 Å². The highest BCUT2D eigenvalue weighted by molar-refractivity contribution is 14.0. The molecule has 1 unspecified atom stereocenters. The van der Waals surface area contributed by atoms with E-state index in [1.807, 2.05) is 28.8 Å². The van der Waals surface area contributed by atoms with Crippen LogP contribution in [-0.4, -0.2) is 64.2 Å². The Morgan fingerprint density at radius 2 is 2.15 bits per heavy atom. The van der Waals surface area contributed by atoms with Crippen molar-refractivity contribution >= 4 is 35.6 Å². The van der Waals surface area contributed by atoms with Crippen LogP contribution in [0.3, 0.4) is 0 Å². The number of pyridine rings is 1. The highest BCUT2D eigenvalue weighted by Gasteiger charge is 2.22. The highest BCUT2D eigenvalue weighted by atomic mass is 127. The number of rotatable bonds is 7. The summed E-state index contributed by atoms with van der Waals surface area (Å²) in [5, 5.41) is 15.2. The molecule has 0 aliphatic carbocycles. The molecule has 0 amide bonds. The summed E-state index contributed by atoms with van der Waals surface area (Å²) in [4.78, 5) is 7.31. The number of aromatic nitrogens is 3. The average Bonchev–Trinajstić information content (AvgIpc) is 3.26. The molecule has 1 aliphatic heterocycles. The third-order valence-electron chi connectivity index (χ3n) is 4.74. The molecule has 144 valence electrons.